The van der Waals surface area contributed by atoms with Crippen LogP contribution in [-0.2, 0) is 6.54 Å². The van der Waals surface area contributed by atoms with Crippen molar-refractivity contribution in [1.29, 1.82) is 0 Å². The summed E-state index contributed by atoms with van der Waals surface area (Å²) in [6.45, 7) is 5.55. The third-order valence-electron chi connectivity index (χ3n) is 5.28. The molecule has 0 radical (unpaired) electrons. The zero-order valence-corrected chi connectivity index (χ0v) is 17.0. The van der Waals surface area contributed by atoms with Crippen LogP contribution in [-0.4, -0.2) is 57.2 Å². The smallest absolute Gasteiger partial charge is 0.293 e. The lowest BCUT2D eigenvalue weighted by molar-refractivity contribution is 0.0618. The van der Waals surface area contributed by atoms with Gasteiger partial charge in [-0.2, -0.15) is 4.98 Å². The van der Waals surface area contributed by atoms with Gasteiger partial charge in [0.15, 0.2) is 11.5 Å². The molecular formula is C22H21N5O4. The Morgan fingerprint density at radius 2 is 1.84 bits per heavy atom. The number of furan rings is 1. The maximum atomic E-state index is 12.5. The molecule has 4 heterocycles. The molecule has 1 aliphatic rings. The predicted molar refractivity (Wildman–Crippen MR) is 110 cm³/mol. The Morgan fingerprint density at radius 3 is 2.52 bits per heavy atom. The van der Waals surface area contributed by atoms with Gasteiger partial charge in [-0.05, 0) is 24.6 Å². The van der Waals surface area contributed by atoms with Gasteiger partial charge in [-0.1, -0.05) is 34.6 Å². The monoisotopic (exact) mass is 419 g/mol. The molecule has 31 heavy (non-hydrogen) atoms. The molecule has 0 saturated carbocycles. The van der Waals surface area contributed by atoms with Gasteiger partial charge in [0, 0.05) is 44.4 Å². The van der Waals surface area contributed by atoms with Gasteiger partial charge in [-0.25, -0.2) is 0 Å². The van der Waals surface area contributed by atoms with Crippen LogP contribution < -0.4 is 0 Å². The highest BCUT2D eigenvalue weighted by Crippen LogP contribution is 2.23. The lowest BCUT2D eigenvalue weighted by atomic mass is 10.1. The molecule has 0 atom stereocenters. The van der Waals surface area contributed by atoms with Gasteiger partial charge in [0.2, 0.25) is 5.82 Å². The van der Waals surface area contributed by atoms with E-state index in [2.05, 4.69) is 32.3 Å². The Bertz CT molecular complexity index is 1150. The Balaban J connectivity index is 1.17. The summed E-state index contributed by atoms with van der Waals surface area (Å²) in [5.41, 5.74) is 2.44. The number of carbonyl (C=O) groups is 1. The van der Waals surface area contributed by atoms with E-state index in [1.54, 1.807) is 31.4 Å². The summed E-state index contributed by atoms with van der Waals surface area (Å²) >= 11 is 0. The number of piperazine rings is 1. The Morgan fingerprint density at radius 1 is 1.03 bits per heavy atom. The number of rotatable bonds is 5. The van der Waals surface area contributed by atoms with Crippen LogP contribution in [0.25, 0.3) is 23.0 Å². The highest BCUT2D eigenvalue weighted by atomic mass is 16.5. The van der Waals surface area contributed by atoms with Crippen LogP contribution in [0.3, 0.4) is 0 Å². The second kappa shape index (κ2) is 8.19. The summed E-state index contributed by atoms with van der Waals surface area (Å²) in [5.74, 6) is 2.00. The van der Waals surface area contributed by atoms with Crippen LogP contribution in [0.15, 0.2) is 62.2 Å². The second-order valence-electron chi connectivity index (χ2n) is 7.49. The zero-order chi connectivity index (χ0) is 21.2. The van der Waals surface area contributed by atoms with E-state index >= 15 is 0 Å². The Labute approximate surface area is 178 Å². The fourth-order valence-electron chi connectivity index (χ4n) is 3.60. The van der Waals surface area contributed by atoms with E-state index in [0.29, 0.717) is 42.0 Å². The fraction of sp³-hybridized carbons (Fsp3) is 0.273. The first-order valence-corrected chi connectivity index (χ1v) is 10.1. The minimum atomic E-state index is -0.0742. The molecule has 9 nitrogen and oxygen atoms in total. The third kappa shape index (κ3) is 4.13. The lowest BCUT2D eigenvalue weighted by Crippen LogP contribution is -2.48. The van der Waals surface area contributed by atoms with Gasteiger partial charge in [-0.3, -0.25) is 9.69 Å². The molecule has 1 saturated heterocycles. The Kier molecular flexibility index (Phi) is 5.09. The molecule has 4 aromatic rings. The molecule has 0 aliphatic carbocycles. The maximum Gasteiger partial charge on any atom is 0.293 e. The van der Waals surface area contributed by atoms with Crippen molar-refractivity contribution in [3.05, 3.63) is 65.7 Å². The minimum Gasteiger partial charge on any atom is -0.459 e. The van der Waals surface area contributed by atoms with E-state index in [4.69, 9.17) is 13.5 Å². The van der Waals surface area contributed by atoms with E-state index in [-0.39, 0.29) is 5.91 Å². The summed E-state index contributed by atoms with van der Waals surface area (Å²) in [5, 5.41) is 7.86. The summed E-state index contributed by atoms with van der Waals surface area (Å²) < 4.78 is 15.6. The quantitative estimate of drug-likeness (QED) is 0.486. The molecule has 0 bridgehead atoms. The number of amides is 1. The van der Waals surface area contributed by atoms with Gasteiger partial charge in [-0.15, -0.1) is 0 Å². The lowest BCUT2D eigenvalue weighted by Gasteiger charge is -2.34. The van der Waals surface area contributed by atoms with Crippen molar-refractivity contribution >= 4 is 5.91 Å². The topological polar surface area (TPSA) is 102 Å². The largest absolute Gasteiger partial charge is 0.459 e. The molecule has 0 unspecified atom stereocenters. The van der Waals surface area contributed by atoms with Crippen molar-refractivity contribution < 1.29 is 18.3 Å². The predicted octanol–water partition coefficient (Wildman–Crippen LogP) is 3.25. The van der Waals surface area contributed by atoms with Crippen LogP contribution in [0.5, 0.6) is 0 Å². The van der Waals surface area contributed by atoms with Gasteiger partial charge >= 0.3 is 0 Å². The fourth-order valence-corrected chi connectivity index (χ4v) is 3.60. The van der Waals surface area contributed by atoms with Crippen molar-refractivity contribution in [1.82, 2.24) is 25.1 Å². The van der Waals surface area contributed by atoms with Crippen molar-refractivity contribution in [2.24, 2.45) is 0 Å². The number of aromatic nitrogens is 3. The summed E-state index contributed by atoms with van der Waals surface area (Å²) in [6, 6.07) is 13.3. The van der Waals surface area contributed by atoms with Crippen molar-refractivity contribution in [2.75, 3.05) is 26.2 Å². The molecular weight excluding hydrogens is 398 g/mol. The maximum absolute atomic E-state index is 12.5. The van der Waals surface area contributed by atoms with Crippen molar-refractivity contribution in [2.45, 2.75) is 13.5 Å². The van der Waals surface area contributed by atoms with E-state index in [1.165, 1.54) is 5.56 Å². The molecule has 0 N–H and O–H groups in total. The molecule has 0 spiro atoms. The van der Waals surface area contributed by atoms with Crippen LogP contribution in [0.4, 0.5) is 0 Å². The molecule has 1 aliphatic heterocycles. The first-order chi connectivity index (χ1) is 15.2. The number of benzene rings is 1. The highest BCUT2D eigenvalue weighted by molar-refractivity contribution is 5.92. The molecule has 5 rings (SSSR count). The van der Waals surface area contributed by atoms with Gasteiger partial charge in [0.25, 0.3) is 11.8 Å². The van der Waals surface area contributed by atoms with E-state index < -0.39 is 0 Å². The van der Waals surface area contributed by atoms with Crippen LogP contribution >= 0.6 is 0 Å². The molecule has 3 aromatic heterocycles. The summed E-state index contributed by atoms with van der Waals surface area (Å²) in [6.07, 6.45) is 1.57. The number of hydrogen-bond acceptors (Lipinski definition) is 8. The van der Waals surface area contributed by atoms with E-state index in [1.807, 2.05) is 17.0 Å². The number of aryl methyl sites for hydroxylation is 1. The standard InChI is InChI=1S/C22H21N5O4/c1-15-13-18(24-30-15)22(28)27-10-8-26(9-11-27)14-16-4-6-17(7-5-16)20-23-21(31-25-20)19-3-2-12-29-19/h2-7,12-13H,8-11,14H2,1H3. The first-order valence-electron chi connectivity index (χ1n) is 10.1. The molecule has 1 fully saturated rings. The molecule has 9 heteroatoms. The SMILES string of the molecule is Cc1cc(C(=O)N2CCN(Cc3ccc(-c4noc(-c5ccco5)n4)cc3)CC2)no1. The van der Waals surface area contributed by atoms with Crippen LogP contribution in [0, 0.1) is 6.92 Å². The Hall–Kier alpha value is -3.72. The molecule has 158 valence electrons. The summed E-state index contributed by atoms with van der Waals surface area (Å²) in [7, 11) is 0. The average Bonchev–Trinajstić information content (AvgIpc) is 3.56. The minimum absolute atomic E-state index is 0.0742. The number of carbonyl (C=O) groups excluding carboxylic acids is 1. The average molecular weight is 419 g/mol. The third-order valence-corrected chi connectivity index (χ3v) is 5.28. The van der Waals surface area contributed by atoms with Crippen molar-refractivity contribution in [3.8, 4) is 23.0 Å². The normalized spacial score (nSPS) is 14.8. The number of hydrogen-bond donors (Lipinski definition) is 0. The zero-order valence-electron chi connectivity index (χ0n) is 17.0. The molecule has 1 aromatic carbocycles. The van der Waals surface area contributed by atoms with Gasteiger partial charge < -0.3 is 18.4 Å². The number of nitrogens with zero attached hydrogens (tertiary/aromatic N) is 5. The molecule has 1 amide bonds. The first kappa shape index (κ1) is 19.3. The van der Waals surface area contributed by atoms with Crippen LogP contribution in [0.2, 0.25) is 0 Å². The summed E-state index contributed by atoms with van der Waals surface area (Å²) in [4.78, 5) is 21.0. The van der Waals surface area contributed by atoms with E-state index in [0.717, 1.165) is 25.2 Å². The van der Waals surface area contributed by atoms with Crippen LogP contribution in [0.1, 0.15) is 21.8 Å². The van der Waals surface area contributed by atoms with Crippen molar-refractivity contribution in [3.63, 3.8) is 0 Å². The highest BCUT2D eigenvalue weighted by Gasteiger charge is 2.24. The van der Waals surface area contributed by atoms with Gasteiger partial charge in [0.1, 0.15) is 5.76 Å². The second-order valence-corrected chi connectivity index (χ2v) is 7.49. The van der Waals surface area contributed by atoms with Gasteiger partial charge in [0.05, 0.1) is 6.26 Å². The van der Waals surface area contributed by atoms with E-state index in [9.17, 15) is 4.79 Å².